The Morgan fingerprint density at radius 3 is 2.58 bits per heavy atom. The summed E-state index contributed by atoms with van der Waals surface area (Å²) in [6.45, 7) is 7.34. The summed E-state index contributed by atoms with van der Waals surface area (Å²) >= 11 is 0. The molecular formula is C22H28N4. The molecule has 2 aromatic heterocycles. The minimum absolute atomic E-state index is 0.771. The van der Waals surface area contributed by atoms with Crippen LogP contribution in [-0.4, -0.2) is 27.4 Å². The summed E-state index contributed by atoms with van der Waals surface area (Å²) in [5.74, 6) is 0. The van der Waals surface area contributed by atoms with Crippen LogP contribution in [0.3, 0.4) is 0 Å². The van der Waals surface area contributed by atoms with E-state index >= 15 is 0 Å². The molecule has 0 atom stereocenters. The van der Waals surface area contributed by atoms with Crippen molar-refractivity contribution in [3.8, 4) is 11.3 Å². The average Bonchev–Trinajstić information content (AvgIpc) is 3.03. The number of aromatic nitrogens is 2. The molecule has 0 amide bonds. The van der Waals surface area contributed by atoms with E-state index in [2.05, 4.69) is 41.3 Å². The van der Waals surface area contributed by atoms with E-state index in [1.807, 2.05) is 18.3 Å². The van der Waals surface area contributed by atoms with Crippen molar-refractivity contribution in [3.05, 3.63) is 53.3 Å². The normalized spacial score (nSPS) is 14.1. The zero-order chi connectivity index (χ0) is 18.1. The maximum atomic E-state index is 6.07. The first-order valence-electron chi connectivity index (χ1n) is 9.80. The first-order valence-corrected chi connectivity index (χ1v) is 9.80. The van der Waals surface area contributed by atoms with E-state index in [0.717, 1.165) is 36.7 Å². The number of fused-ring (bicyclic) bond motifs is 2. The predicted octanol–water partition coefficient (Wildman–Crippen LogP) is 4.30. The van der Waals surface area contributed by atoms with Crippen LogP contribution < -0.4 is 5.73 Å². The highest BCUT2D eigenvalue weighted by atomic mass is 15.1. The van der Waals surface area contributed by atoms with Crippen molar-refractivity contribution >= 4 is 11.3 Å². The van der Waals surface area contributed by atoms with Crippen molar-refractivity contribution in [2.75, 3.05) is 18.8 Å². The number of nitrogens with zero attached hydrogens (tertiary/aromatic N) is 3. The van der Waals surface area contributed by atoms with E-state index in [1.54, 1.807) is 0 Å². The molecule has 3 aromatic rings. The first-order chi connectivity index (χ1) is 12.7. The second-order valence-electron chi connectivity index (χ2n) is 7.25. The number of benzene rings is 1. The van der Waals surface area contributed by atoms with E-state index in [4.69, 9.17) is 10.7 Å². The van der Waals surface area contributed by atoms with Gasteiger partial charge in [-0.1, -0.05) is 26.0 Å². The van der Waals surface area contributed by atoms with Crippen LogP contribution in [0.25, 0.3) is 16.9 Å². The molecule has 0 spiro atoms. The topological polar surface area (TPSA) is 46.6 Å². The fourth-order valence-corrected chi connectivity index (χ4v) is 4.03. The molecule has 26 heavy (non-hydrogen) atoms. The molecule has 0 bridgehead atoms. The number of nitrogen functional groups attached to an aromatic ring is 1. The number of imidazole rings is 1. The van der Waals surface area contributed by atoms with Gasteiger partial charge in [-0.2, -0.15) is 0 Å². The van der Waals surface area contributed by atoms with E-state index in [-0.39, 0.29) is 0 Å². The van der Waals surface area contributed by atoms with E-state index in [9.17, 15) is 0 Å². The minimum Gasteiger partial charge on any atom is -0.398 e. The van der Waals surface area contributed by atoms with E-state index in [0.29, 0.717) is 0 Å². The number of pyridine rings is 1. The largest absolute Gasteiger partial charge is 0.398 e. The number of aryl methyl sites for hydroxylation is 2. The Hall–Kier alpha value is -2.33. The minimum atomic E-state index is 0.771. The third kappa shape index (κ3) is 3.10. The van der Waals surface area contributed by atoms with Gasteiger partial charge in [-0.15, -0.1) is 0 Å². The predicted molar refractivity (Wildman–Crippen MR) is 108 cm³/mol. The fourth-order valence-electron chi connectivity index (χ4n) is 4.03. The summed E-state index contributed by atoms with van der Waals surface area (Å²) in [5.41, 5.74) is 14.4. The molecule has 1 aromatic carbocycles. The monoisotopic (exact) mass is 348 g/mol. The maximum absolute atomic E-state index is 6.07. The Morgan fingerprint density at radius 1 is 1.04 bits per heavy atom. The zero-order valence-corrected chi connectivity index (χ0v) is 15.8. The van der Waals surface area contributed by atoms with Gasteiger partial charge in [0, 0.05) is 24.0 Å². The number of nitrogens with two attached hydrogens (primary N) is 1. The Kier molecular flexibility index (Phi) is 4.68. The molecular weight excluding hydrogens is 320 g/mol. The van der Waals surface area contributed by atoms with E-state index in [1.165, 1.54) is 48.1 Å². The summed E-state index contributed by atoms with van der Waals surface area (Å²) in [4.78, 5) is 7.40. The third-order valence-electron chi connectivity index (χ3n) is 5.63. The molecule has 0 radical (unpaired) electrons. The molecule has 0 aliphatic heterocycles. The highest BCUT2D eigenvalue weighted by Gasteiger charge is 2.18. The standard InChI is InChI=1S/C22H28N4/c1-3-25(4-2)15-20-22(24-21-12-11-19(23)14-26(20)21)18-10-9-16-7-5-6-8-17(16)13-18/h9-14H,3-8,15,23H2,1-2H3. The second-order valence-corrected chi connectivity index (χ2v) is 7.25. The van der Waals surface area contributed by atoms with Crippen molar-refractivity contribution in [1.82, 2.24) is 14.3 Å². The van der Waals surface area contributed by atoms with Gasteiger partial charge < -0.3 is 10.1 Å². The van der Waals surface area contributed by atoms with Crippen LogP contribution in [-0.2, 0) is 19.4 Å². The fraction of sp³-hybridized carbons (Fsp3) is 0.409. The van der Waals surface area contributed by atoms with Crippen LogP contribution in [0.1, 0.15) is 43.5 Å². The van der Waals surface area contributed by atoms with Gasteiger partial charge in [-0.25, -0.2) is 4.98 Å². The molecule has 136 valence electrons. The van der Waals surface area contributed by atoms with Crippen molar-refractivity contribution in [1.29, 1.82) is 0 Å². The summed E-state index contributed by atoms with van der Waals surface area (Å²) in [7, 11) is 0. The van der Waals surface area contributed by atoms with Crippen LogP contribution in [0, 0.1) is 0 Å². The molecule has 2 N–H and O–H groups in total. The molecule has 1 aliphatic carbocycles. The molecule has 0 unspecified atom stereocenters. The van der Waals surface area contributed by atoms with Gasteiger partial charge >= 0.3 is 0 Å². The van der Waals surface area contributed by atoms with Crippen molar-refractivity contribution in [3.63, 3.8) is 0 Å². The Bertz CT molecular complexity index is 921. The lowest BCUT2D eigenvalue weighted by Crippen LogP contribution is -2.23. The lowest BCUT2D eigenvalue weighted by Gasteiger charge is -2.19. The lowest BCUT2D eigenvalue weighted by atomic mass is 9.90. The number of hydrogen-bond donors (Lipinski definition) is 1. The zero-order valence-electron chi connectivity index (χ0n) is 15.8. The third-order valence-corrected chi connectivity index (χ3v) is 5.63. The van der Waals surface area contributed by atoms with Crippen LogP contribution in [0.2, 0.25) is 0 Å². The van der Waals surface area contributed by atoms with Gasteiger partial charge in [-0.3, -0.25) is 4.90 Å². The second kappa shape index (κ2) is 7.12. The van der Waals surface area contributed by atoms with Gasteiger partial charge in [0.1, 0.15) is 5.65 Å². The van der Waals surface area contributed by atoms with Crippen molar-refractivity contribution in [2.24, 2.45) is 0 Å². The SMILES string of the molecule is CCN(CC)Cc1c(-c2ccc3c(c2)CCCC3)nc2ccc(N)cn12. The molecule has 2 heterocycles. The summed E-state index contributed by atoms with van der Waals surface area (Å²) in [5, 5.41) is 0. The van der Waals surface area contributed by atoms with Crippen molar-refractivity contribution < 1.29 is 0 Å². The molecule has 4 nitrogen and oxygen atoms in total. The number of rotatable bonds is 5. The van der Waals surface area contributed by atoms with Crippen LogP contribution in [0.15, 0.2) is 36.5 Å². The number of hydrogen-bond acceptors (Lipinski definition) is 3. The summed E-state index contributed by atoms with van der Waals surface area (Å²) in [6.07, 6.45) is 7.01. The summed E-state index contributed by atoms with van der Waals surface area (Å²) in [6, 6.07) is 10.9. The smallest absolute Gasteiger partial charge is 0.137 e. The molecule has 0 saturated carbocycles. The number of anilines is 1. The van der Waals surface area contributed by atoms with Gasteiger partial charge in [0.05, 0.1) is 11.4 Å². The van der Waals surface area contributed by atoms with E-state index < -0.39 is 0 Å². The molecule has 0 saturated heterocycles. The van der Waals surface area contributed by atoms with Gasteiger partial charge in [0.2, 0.25) is 0 Å². The molecule has 1 aliphatic rings. The Morgan fingerprint density at radius 2 is 1.81 bits per heavy atom. The average molecular weight is 348 g/mol. The molecule has 4 heteroatoms. The molecule has 4 rings (SSSR count). The van der Waals surface area contributed by atoms with Gasteiger partial charge in [-0.05, 0) is 68.1 Å². The Balaban J connectivity index is 1.85. The van der Waals surface area contributed by atoms with Gasteiger partial charge in [0.25, 0.3) is 0 Å². The molecule has 0 fully saturated rings. The van der Waals surface area contributed by atoms with Crippen LogP contribution in [0.5, 0.6) is 0 Å². The summed E-state index contributed by atoms with van der Waals surface area (Å²) < 4.78 is 2.17. The lowest BCUT2D eigenvalue weighted by molar-refractivity contribution is 0.292. The first kappa shape index (κ1) is 17.1. The van der Waals surface area contributed by atoms with Crippen LogP contribution >= 0.6 is 0 Å². The Labute approximate surface area is 155 Å². The maximum Gasteiger partial charge on any atom is 0.137 e. The van der Waals surface area contributed by atoms with Crippen molar-refractivity contribution in [2.45, 2.75) is 46.1 Å². The quantitative estimate of drug-likeness (QED) is 0.747. The van der Waals surface area contributed by atoms with Crippen LogP contribution in [0.4, 0.5) is 5.69 Å². The van der Waals surface area contributed by atoms with Gasteiger partial charge in [0.15, 0.2) is 0 Å². The highest BCUT2D eigenvalue weighted by Crippen LogP contribution is 2.30. The highest BCUT2D eigenvalue weighted by molar-refractivity contribution is 5.68.